The minimum Gasteiger partial charge on any atom is -0.352 e. The van der Waals surface area contributed by atoms with Crippen LogP contribution >= 0.6 is 0 Å². The van der Waals surface area contributed by atoms with Crippen molar-refractivity contribution in [1.29, 1.82) is 0 Å². The first-order valence-electron chi connectivity index (χ1n) is 9.82. The highest BCUT2D eigenvalue weighted by molar-refractivity contribution is 7.89. The summed E-state index contributed by atoms with van der Waals surface area (Å²) in [6, 6.07) is 15.9. The molecule has 4 aromatic rings. The van der Waals surface area contributed by atoms with Gasteiger partial charge in [0, 0.05) is 25.7 Å². The van der Waals surface area contributed by atoms with Gasteiger partial charge in [0.2, 0.25) is 15.9 Å². The topological polar surface area (TPSA) is 106 Å². The number of hydrogen-bond donors (Lipinski definition) is 2. The van der Waals surface area contributed by atoms with Crippen LogP contribution in [0.1, 0.15) is 12.0 Å². The molecule has 0 spiro atoms. The normalized spacial score (nSPS) is 11.5. The number of halogens is 1. The van der Waals surface area contributed by atoms with Gasteiger partial charge in [-0.3, -0.25) is 9.36 Å². The van der Waals surface area contributed by atoms with Crippen LogP contribution in [0, 0.1) is 5.82 Å². The Morgan fingerprint density at radius 3 is 2.53 bits per heavy atom. The Hall–Kier alpha value is -3.63. The Morgan fingerprint density at radius 2 is 1.78 bits per heavy atom. The van der Waals surface area contributed by atoms with Crippen LogP contribution in [0.25, 0.3) is 16.9 Å². The molecule has 0 aliphatic heterocycles. The third-order valence-electron chi connectivity index (χ3n) is 4.77. The molecule has 0 bridgehead atoms. The van der Waals surface area contributed by atoms with Crippen LogP contribution in [0.2, 0.25) is 0 Å². The Bertz CT molecular complexity index is 1340. The quantitative estimate of drug-likeness (QED) is 0.427. The van der Waals surface area contributed by atoms with Crippen LogP contribution in [0.4, 0.5) is 4.39 Å². The second-order valence-electron chi connectivity index (χ2n) is 7.01. The van der Waals surface area contributed by atoms with Crippen molar-refractivity contribution in [3.63, 3.8) is 0 Å². The van der Waals surface area contributed by atoms with Crippen LogP contribution in [0.5, 0.6) is 0 Å². The molecule has 0 aliphatic carbocycles. The summed E-state index contributed by atoms with van der Waals surface area (Å²) in [7, 11) is -3.80. The first kappa shape index (κ1) is 21.6. The number of carbonyl (C=O) groups is 1. The molecule has 0 radical (unpaired) electrons. The van der Waals surface area contributed by atoms with Crippen molar-refractivity contribution in [1.82, 2.24) is 24.6 Å². The van der Waals surface area contributed by atoms with E-state index >= 15 is 0 Å². The fourth-order valence-corrected chi connectivity index (χ4v) is 4.12. The van der Waals surface area contributed by atoms with E-state index in [0.29, 0.717) is 5.82 Å². The Labute approximate surface area is 184 Å². The van der Waals surface area contributed by atoms with Crippen molar-refractivity contribution in [3.8, 4) is 5.82 Å². The molecule has 2 heterocycles. The molecule has 8 nitrogen and oxygen atoms in total. The van der Waals surface area contributed by atoms with E-state index in [1.165, 1.54) is 12.1 Å². The number of amides is 1. The van der Waals surface area contributed by atoms with Crippen molar-refractivity contribution >= 4 is 27.0 Å². The van der Waals surface area contributed by atoms with Gasteiger partial charge in [-0.25, -0.2) is 27.5 Å². The Kier molecular flexibility index (Phi) is 6.24. The van der Waals surface area contributed by atoms with E-state index in [4.69, 9.17) is 0 Å². The maximum absolute atomic E-state index is 12.9. The number of nitrogens with one attached hydrogen (secondary N) is 2. The molecule has 0 atom stereocenters. The number of nitrogens with zero attached hydrogens (tertiary/aromatic N) is 3. The highest BCUT2D eigenvalue weighted by Crippen LogP contribution is 2.16. The fourth-order valence-electron chi connectivity index (χ4n) is 3.09. The lowest BCUT2D eigenvalue weighted by Crippen LogP contribution is -2.30. The van der Waals surface area contributed by atoms with E-state index in [9.17, 15) is 17.6 Å². The summed E-state index contributed by atoms with van der Waals surface area (Å²) >= 11 is 0. The molecular formula is C22H20FN5O3S. The molecule has 10 heteroatoms. The molecule has 0 unspecified atom stereocenters. The summed E-state index contributed by atoms with van der Waals surface area (Å²) in [5, 5.41) is 2.73. The maximum atomic E-state index is 12.9. The average Bonchev–Trinajstić information content (AvgIpc) is 3.22. The third kappa shape index (κ3) is 4.98. The van der Waals surface area contributed by atoms with Gasteiger partial charge in [0.15, 0.2) is 0 Å². The Morgan fingerprint density at radius 1 is 1.00 bits per heavy atom. The highest BCUT2D eigenvalue weighted by atomic mass is 32.2. The van der Waals surface area contributed by atoms with E-state index in [1.54, 1.807) is 12.5 Å². The summed E-state index contributed by atoms with van der Waals surface area (Å²) in [4.78, 5) is 20.8. The lowest BCUT2D eigenvalue weighted by atomic mass is 10.2. The van der Waals surface area contributed by atoms with Crippen molar-refractivity contribution in [2.75, 3.05) is 6.54 Å². The Balaban J connectivity index is 1.27. The van der Waals surface area contributed by atoms with Gasteiger partial charge in [-0.05, 0) is 48.0 Å². The molecule has 0 fully saturated rings. The number of aromatic nitrogens is 3. The second kappa shape index (κ2) is 9.25. The van der Waals surface area contributed by atoms with Gasteiger partial charge < -0.3 is 5.32 Å². The van der Waals surface area contributed by atoms with Gasteiger partial charge >= 0.3 is 0 Å². The largest absolute Gasteiger partial charge is 0.352 e. The van der Waals surface area contributed by atoms with E-state index in [0.717, 1.165) is 28.7 Å². The smallest absolute Gasteiger partial charge is 0.240 e. The summed E-state index contributed by atoms with van der Waals surface area (Å²) < 4.78 is 41.4. The van der Waals surface area contributed by atoms with E-state index in [-0.39, 0.29) is 30.3 Å². The zero-order valence-electron chi connectivity index (χ0n) is 16.9. The van der Waals surface area contributed by atoms with Crippen molar-refractivity contribution < 1.29 is 17.6 Å². The van der Waals surface area contributed by atoms with Crippen molar-refractivity contribution in [3.05, 3.63) is 84.6 Å². The zero-order chi connectivity index (χ0) is 22.6. The molecule has 2 N–H and O–H groups in total. The zero-order valence-corrected chi connectivity index (χ0v) is 17.7. The van der Waals surface area contributed by atoms with Crippen molar-refractivity contribution in [2.45, 2.75) is 17.9 Å². The predicted molar refractivity (Wildman–Crippen MR) is 117 cm³/mol. The predicted octanol–water partition coefficient (Wildman–Crippen LogP) is 2.54. The number of pyridine rings is 1. The van der Waals surface area contributed by atoms with Crippen LogP contribution in [-0.4, -0.2) is 35.4 Å². The van der Waals surface area contributed by atoms with Crippen LogP contribution in [0.15, 0.2) is 78.1 Å². The first-order valence-corrected chi connectivity index (χ1v) is 11.3. The maximum Gasteiger partial charge on any atom is 0.240 e. The van der Waals surface area contributed by atoms with E-state index in [2.05, 4.69) is 20.0 Å². The molecule has 0 aliphatic rings. The highest BCUT2D eigenvalue weighted by Gasteiger charge is 2.14. The van der Waals surface area contributed by atoms with Gasteiger partial charge in [0.25, 0.3) is 0 Å². The number of sulfonamides is 1. The summed E-state index contributed by atoms with van der Waals surface area (Å²) in [5.74, 6) is -0.121. The van der Waals surface area contributed by atoms with E-state index in [1.807, 2.05) is 41.0 Å². The molecule has 164 valence electrons. The lowest BCUT2D eigenvalue weighted by Gasteiger charge is -2.08. The molecule has 2 aromatic heterocycles. The summed E-state index contributed by atoms with van der Waals surface area (Å²) in [5.41, 5.74) is 2.63. The van der Waals surface area contributed by atoms with Crippen molar-refractivity contribution in [2.24, 2.45) is 0 Å². The van der Waals surface area contributed by atoms with Gasteiger partial charge in [-0.15, -0.1) is 0 Å². The second-order valence-corrected chi connectivity index (χ2v) is 8.77. The number of benzene rings is 2. The molecule has 2 aromatic carbocycles. The van der Waals surface area contributed by atoms with Crippen LogP contribution in [-0.2, 0) is 21.4 Å². The number of para-hydroxylation sites is 2. The standard InChI is InChI=1S/C22H20FN5O3S/c23-17-6-8-18(9-7-17)32(30,31)27-12-11-22(29)25-14-16-5-10-21(24-13-16)28-15-26-19-3-1-2-4-20(19)28/h1-10,13,15,27H,11-12,14H2,(H,25,29). The summed E-state index contributed by atoms with van der Waals surface area (Å²) in [6.07, 6.45) is 3.34. The van der Waals surface area contributed by atoms with Gasteiger partial charge in [0.05, 0.1) is 15.9 Å². The fraction of sp³-hybridized carbons (Fsp3) is 0.136. The lowest BCUT2D eigenvalue weighted by molar-refractivity contribution is -0.121. The van der Waals surface area contributed by atoms with Gasteiger partial charge in [-0.2, -0.15) is 0 Å². The van der Waals surface area contributed by atoms with Crippen LogP contribution < -0.4 is 10.0 Å². The molecule has 0 saturated heterocycles. The molecule has 1 amide bonds. The SMILES string of the molecule is O=C(CCNS(=O)(=O)c1ccc(F)cc1)NCc1ccc(-n2cnc3ccccc32)nc1. The van der Waals surface area contributed by atoms with Gasteiger partial charge in [-0.1, -0.05) is 18.2 Å². The minimum absolute atomic E-state index is 0.0348. The number of hydrogen-bond acceptors (Lipinski definition) is 5. The number of carbonyl (C=O) groups excluding carboxylic acids is 1. The minimum atomic E-state index is -3.80. The average molecular weight is 453 g/mol. The monoisotopic (exact) mass is 453 g/mol. The summed E-state index contributed by atoms with van der Waals surface area (Å²) in [6.45, 7) is 0.192. The molecule has 32 heavy (non-hydrogen) atoms. The number of imidazole rings is 1. The van der Waals surface area contributed by atoms with Crippen LogP contribution in [0.3, 0.4) is 0 Å². The van der Waals surface area contributed by atoms with Gasteiger partial charge in [0.1, 0.15) is 18.0 Å². The molecule has 0 saturated carbocycles. The molecule has 4 rings (SSSR count). The molecular weight excluding hydrogens is 433 g/mol. The van der Waals surface area contributed by atoms with E-state index < -0.39 is 15.8 Å². The first-order chi connectivity index (χ1) is 15.4. The number of fused-ring (bicyclic) bond motifs is 1. The third-order valence-corrected chi connectivity index (χ3v) is 6.24. The number of rotatable bonds is 8.